The van der Waals surface area contributed by atoms with Crippen molar-refractivity contribution in [3.05, 3.63) is 212 Å². The average molecular weight is 1590 g/mol. The number of aromatic nitrogens is 12. The molecule has 8 aliphatic rings. The van der Waals surface area contributed by atoms with Crippen molar-refractivity contribution in [3.63, 3.8) is 0 Å². The van der Waals surface area contributed by atoms with Gasteiger partial charge in [0.05, 0.1) is 38.8 Å². The van der Waals surface area contributed by atoms with E-state index in [9.17, 15) is 25.3 Å². The Balaban J connectivity index is 0.000000117. The van der Waals surface area contributed by atoms with Crippen molar-refractivity contribution in [2.45, 2.75) is 119 Å². The van der Waals surface area contributed by atoms with Gasteiger partial charge in [-0.15, -0.1) is 0 Å². The van der Waals surface area contributed by atoms with Gasteiger partial charge in [0, 0.05) is 149 Å². The maximum Gasteiger partial charge on any atom is 0.269 e. The van der Waals surface area contributed by atoms with E-state index in [2.05, 4.69) is 105 Å². The van der Waals surface area contributed by atoms with Crippen molar-refractivity contribution in [3.8, 4) is 33.4 Å². The summed E-state index contributed by atoms with van der Waals surface area (Å²) < 4.78 is 91.3. The Morgan fingerprint density at radius 1 is 0.434 bits per heavy atom. The lowest BCUT2D eigenvalue weighted by atomic mass is 9.56. The van der Waals surface area contributed by atoms with Gasteiger partial charge in [-0.2, -0.15) is 15.3 Å². The van der Waals surface area contributed by atoms with Crippen LogP contribution in [0.5, 0.6) is 0 Å². The Morgan fingerprint density at radius 3 is 1.21 bits per heavy atom. The standard InChI is InChI=1S/C27H28IN5O2S.2C27H29N5O2S/c1-31-15-19(13-30-31)24-16-33(36(34,35)22-6-4-3-5-7-22)26-23(24)11-20(14-29-26)27-12-17-8-18(25(27)28)10-21(9-17)32(27)2;2*1-28-23-11-18-8-19(12-23)10-20(9-18)21-13-25-26(22-15-30-31(2)16-22)17-32(27(25)29-14-21)35(33,34)24-6-4-3-5-7-24/h3-7,11,13-18,21,25H,8-10,12H2,1-2H3;2*3-7,9,13-19,23,28H,8,10-12H2,1-2H3. The van der Waals surface area contributed by atoms with Crippen LogP contribution in [0.2, 0.25) is 0 Å². The van der Waals surface area contributed by atoms with Gasteiger partial charge in [0.1, 0.15) is 0 Å². The molecule has 0 radical (unpaired) electrons. The minimum Gasteiger partial charge on any atom is -0.317 e. The van der Waals surface area contributed by atoms with Crippen molar-refractivity contribution in [2.24, 2.45) is 56.7 Å². The molecule has 11 atom stereocenters. The fourth-order valence-electron chi connectivity index (χ4n) is 18.9. The summed E-state index contributed by atoms with van der Waals surface area (Å²) in [6.07, 6.45) is 41.0. The van der Waals surface area contributed by atoms with Crippen LogP contribution in [0.4, 0.5) is 0 Å². The molecular formula is C81H86IN15O6S3. The van der Waals surface area contributed by atoms with Crippen molar-refractivity contribution in [1.82, 2.24) is 71.7 Å². The molecule has 6 aliphatic carbocycles. The number of pyridine rings is 3. The lowest BCUT2D eigenvalue weighted by molar-refractivity contribution is -0.102. The van der Waals surface area contributed by atoms with E-state index in [1.165, 1.54) is 86.4 Å². The predicted molar refractivity (Wildman–Crippen MR) is 422 cm³/mol. The van der Waals surface area contributed by atoms with Crippen LogP contribution in [0.15, 0.2) is 210 Å². The number of benzene rings is 3. The lowest BCUT2D eigenvalue weighted by Gasteiger charge is -2.65. The van der Waals surface area contributed by atoms with Crippen molar-refractivity contribution >= 4 is 96.9 Å². The summed E-state index contributed by atoms with van der Waals surface area (Å²) in [5, 5.41) is 22.4. The van der Waals surface area contributed by atoms with Gasteiger partial charge in [-0.25, -0.2) is 52.1 Å². The molecule has 106 heavy (non-hydrogen) atoms. The first-order valence-corrected chi connectivity index (χ1v) is 42.3. The third kappa shape index (κ3) is 12.5. The van der Waals surface area contributed by atoms with Gasteiger partial charge in [-0.1, -0.05) is 89.3 Å². The molecule has 2 saturated heterocycles. The van der Waals surface area contributed by atoms with Gasteiger partial charge >= 0.3 is 0 Å². The first-order chi connectivity index (χ1) is 51.1. The molecule has 9 aromatic heterocycles. The zero-order valence-electron chi connectivity index (χ0n) is 60.1. The molecule has 4 saturated carbocycles. The number of nitrogens with one attached hydrogen (secondary N) is 2. The lowest BCUT2D eigenvalue weighted by Crippen LogP contribution is -2.67. The summed E-state index contributed by atoms with van der Waals surface area (Å²) in [5.41, 5.74) is 12.3. The number of nitrogens with zero attached hydrogens (tertiary/aromatic N) is 13. The summed E-state index contributed by atoms with van der Waals surface area (Å²) in [7, 11) is 0.579. The van der Waals surface area contributed by atoms with Crippen LogP contribution in [0.25, 0.3) is 77.6 Å². The molecule has 0 amide bonds. The molecule has 2 N–H and O–H groups in total. The highest BCUT2D eigenvalue weighted by molar-refractivity contribution is 14.1. The zero-order valence-corrected chi connectivity index (χ0v) is 64.7. The van der Waals surface area contributed by atoms with Crippen LogP contribution in [-0.2, 0) is 56.8 Å². The number of halogens is 1. The molecule has 12 aromatic rings. The predicted octanol–water partition coefficient (Wildman–Crippen LogP) is 13.7. The largest absolute Gasteiger partial charge is 0.317 e. The fourth-order valence-corrected chi connectivity index (χ4v) is 24.6. The van der Waals surface area contributed by atoms with Crippen molar-refractivity contribution < 1.29 is 25.3 Å². The summed E-state index contributed by atoms with van der Waals surface area (Å²) in [6, 6.07) is 33.8. The molecule has 25 heteroatoms. The Hall–Kier alpha value is -8.70. The normalized spacial score (nSPS) is 24.9. The Kier molecular flexibility index (Phi) is 18.2. The fraction of sp³-hybridized carbons (Fsp3) is 0.358. The van der Waals surface area contributed by atoms with E-state index < -0.39 is 30.1 Å². The van der Waals surface area contributed by atoms with E-state index in [1.807, 2.05) is 76.5 Å². The maximum atomic E-state index is 13.7. The molecule has 21 nitrogen and oxygen atoms in total. The smallest absolute Gasteiger partial charge is 0.269 e. The minimum absolute atomic E-state index is 0.0664. The maximum absolute atomic E-state index is 13.7. The molecule has 6 fully saturated rings. The third-order valence-corrected chi connectivity index (χ3v) is 30.9. The number of alkyl halides is 1. The first-order valence-electron chi connectivity index (χ1n) is 36.7. The van der Waals surface area contributed by atoms with E-state index in [0.29, 0.717) is 62.7 Å². The third-order valence-electron chi connectivity index (χ3n) is 23.9. The van der Waals surface area contributed by atoms with Crippen LogP contribution in [-0.4, -0.2) is 130 Å². The quantitative estimate of drug-likeness (QED) is 0.0760. The SMILES string of the molecule is CN1C2CC3CC(C2)C(I)C1(c1cnc2c(c1)c(-c1cnn(C)c1)cn2S(=O)(=O)c1ccccc1)C3.CNC1CC2C=C(c3cnc4c(c3)c(-c3cnn(C)c3)cn4S(=O)(=O)c3ccccc3)CC(C2)C1.CNC1CC2C=C(c3cnc4c(c3)c(-c3cnn(C)c3)cn4S(=O)(=O)c3ccccc3)CC(C2)C1. The molecule has 11 heterocycles. The Bertz CT molecular complexity index is 5530. The van der Waals surface area contributed by atoms with Crippen molar-refractivity contribution in [1.29, 1.82) is 0 Å². The zero-order chi connectivity index (χ0) is 73.1. The minimum atomic E-state index is -3.81. The second-order valence-corrected chi connectivity index (χ2v) is 37.3. The second kappa shape index (κ2) is 27.5. The number of allylic oxidation sites excluding steroid dienone is 4. The highest BCUT2D eigenvalue weighted by Crippen LogP contribution is 2.61. The monoisotopic (exact) mass is 1590 g/mol. The summed E-state index contributed by atoms with van der Waals surface area (Å²) in [5.74, 6) is 3.98. The van der Waals surface area contributed by atoms with E-state index in [1.54, 1.807) is 124 Å². The molecule has 0 spiro atoms. The first kappa shape index (κ1) is 70.3. The van der Waals surface area contributed by atoms with Crippen LogP contribution < -0.4 is 10.6 Å². The van der Waals surface area contributed by atoms with E-state index >= 15 is 0 Å². The van der Waals surface area contributed by atoms with Gasteiger partial charge in [0.25, 0.3) is 30.1 Å². The van der Waals surface area contributed by atoms with Crippen molar-refractivity contribution in [2.75, 3.05) is 21.1 Å². The summed E-state index contributed by atoms with van der Waals surface area (Å²) in [4.78, 5) is 17.7. The molecular weight excluding hydrogens is 1500 g/mol. The average Bonchev–Trinajstić information content (AvgIpc) is 0.836. The van der Waals surface area contributed by atoms with Crippen LogP contribution in [0.3, 0.4) is 0 Å². The van der Waals surface area contributed by atoms with Gasteiger partial charge in [-0.3, -0.25) is 18.9 Å². The number of fused-ring (bicyclic) bond motifs is 7. The Labute approximate surface area is 632 Å². The molecule has 3 aromatic carbocycles. The van der Waals surface area contributed by atoms with Crippen LogP contribution in [0, 0.1) is 35.5 Å². The number of hydrogen-bond donors (Lipinski definition) is 2. The van der Waals surface area contributed by atoms with Crippen LogP contribution in [0.1, 0.15) is 93.7 Å². The molecule has 2 aliphatic heterocycles. The van der Waals surface area contributed by atoms with Crippen LogP contribution >= 0.6 is 22.6 Å². The summed E-state index contributed by atoms with van der Waals surface area (Å²) in [6.45, 7) is 0. The number of rotatable bonds is 14. The number of aryl methyl sites for hydroxylation is 3. The summed E-state index contributed by atoms with van der Waals surface area (Å²) >= 11 is 2.69. The molecule has 8 bridgehead atoms. The number of hydrogen-bond acceptors (Lipinski definition) is 15. The topological polar surface area (TPSA) is 237 Å². The van der Waals surface area contributed by atoms with Gasteiger partial charge < -0.3 is 10.6 Å². The molecule has 546 valence electrons. The molecule has 20 rings (SSSR count). The van der Waals surface area contributed by atoms with Gasteiger partial charge in [0.2, 0.25) is 0 Å². The Morgan fingerprint density at radius 2 is 0.830 bits per heavy atom. The second-order valence-electron chi connectivity index (χ2n) is 30.5. The van der Waals surface area contributed by atoms with Gasteiger partial charge in [0.15, 0.2) is 16.9 Å². The van der Waals surface area contributed by atoms with E-state index in [0.717, 1.165) is 91.8 Å². The van der Waals surface area contributed by atoms with E-state index in [4.69, 9.17) is 15.0 Å². The molecule has 11 unspecified atom stereocenters. The highest BCUT2D eigenvalue weighted by Gasteiger charge is 2.60. The van der Waals surface area contributed by atoms with E-state index in [-0.39, 0.29) is 20.2 Å². The van der Waals surface area contributed by atoms with Gasteiger partial charge in [-0.05, 0) is 216 Å². The number of piperidine rings is 2. The highest BCUT2D eigenvalue weighted by atomic mass is 127.